The lowest BCUT2D eigenvalue weighted by atomic mass is 9.97. The van der Waals surface area contributed by atoms with Gasteiger partial charge in [-0.25, -0.2) is 4.39 Å². The molecule has 1 aromatic carbocycles. The van der Waals surface area contributed by atoms with Crippen LogP contribution in [0.25, 0.3) is 0 Å². The second kappa shape index (κ2) is 8.46. The van der Waals surface area contributed by atoms with E-state index in [1.807, 2.05) is 0 Å². The average Bonchev–Trinajstić information content (AvgIpc) is 2.54. The topological polar surface area (TPSA) is 49.4 Å². The maximum atomic E-state index is 13.8. The van der Waals surface area contributed by atoms with E-state index in [4.69, 9.17) is 0 Å². The zero-order valence-electron chi connectivity index (χ0n) is 13.5. The van der Waals surface area contributed by atoms with Gasteiger partial charge in [-0.15, -0.1) is 0 Å². The molecule has 0 spiro atoms. The second-order valence-electron chi connectivity index (χ2n) is 5.76. The summed E-state index contributed by atoms with van der Waals surface area (Å²) >= 11 is 0. The molecule has 5 heteroatoms. The van der Waals surface area contributed by atoms with Crippen LogP contribution in [0.4, 0.5) is 10.1 Å². The van der Waals surface area contributed by atoms with E-state index in [-0.39, 0.29) is 24.0 Å². The summed E-state index contributed by atoms with van der Waals surface area (Å²) in [5, 5.41) is 2.81. The van der Waals surface area contributed by atoms with Crippen molar-refractivity contribution in [1.82, 2.24) is 5.32 Å². The normalized spacial score (nSPS) is 14.1. The van der Waals surface area contributed by atoms with Crippen LogP contribution in [0.3, 0.4) is 0 Å². The van der Waals surface area contributed by atoms with E-state index in [9.17, 15) is 14.0 Å². The molecule has 0 fully saturated rings. The van der Waals surface area contributed by atoms with Gasteiger partial charge in [0, 0.05) is 13.5 Å². The third-order valence-electron chi connectivity index (χ3n) is 3.98. The van der Waals surface area contributed by atoms with E-state index in [2.05, 4.69) is 11.4 Å². The zero-order chi connectivity index (χ0) is 16.7. The first kappa shape index (κ1) is 17.2. The van der Waals surface area contributed by atoms with Crippen LogP contribution in [0.1, 0.15) is 39.0 Å². The fraction of sp³-hybridized carbons (Fsp3) is 0.444. The number of halogens is 1. The number of carbonyl (C=O) groups is 2. The summed E-state index contributed by atoms with van der Waals surface area (Å²) in [5.74, 6) is -1.15. The van der Waals surface area contributed by atoms with Gasteiger partial charge in [-0.2, -0.15) is 0 Å². The number of nitrogens with one attached hydrogen (secondary N) is 1. The third-order valence-corrected chi connectivity index (χ3v) is 3.98. The Labute approximate surface area is 136 Å². The van der Waals surface area contributed by atoms with Gasteiger partial charge in [0.2, 0.25) is 11.8 Å². The molecule has 2 amide bonds. The number of hydrogen-bond donors (Lipinski definition) is 1. The molecule has 2 rings (SSSR count). The highest BCUT2D eigenvalue weighted by atomic mass is 19.1. The standard InChI is InChI=1S/C18H23FN2O2/c1-14(22)21(17-10-6-5-9-16(17)19)13-18(23)20-12-11-15-7-3-2-4-8-15/h5-7,9-10H,2-4,8,11-13H2,1H3,(H,20,23). The Bertz CT molecular complexity index is 598. The molecule has 0 aromatic heterocycles. The Kier molecular flexibility index (Phi) is 6.32. The highest BCUT2D eigenvalue weighted by molar-refractivity contribution is 5.97. The number of allylic oxidation sites excluding steroid dienone is 1. The Morgan fingerprint density at radius 2 is 2.04 bits per heavy atom. The third kappa shape index (κ3) is 5.20. The van der Waals surface area contributed by atoms with Crippen molar-refractivity contribution in [3.05, 3.63) is 41.7 Å². The van der Waals surface area contributed by atoms with Gasteiger partial charge in [0.1, 0.15) is 12.4 Å². The van der Waals surface area contributed by atoms with Crippen LogP contribution < -0.4 is 10.2 Å². The van der Waals surface area contributed by atoms with Crippen molar-refractivity contribution in [2.75, 3.05) is 18.0 Å². The Morgan fingerprint density at radius 1 is 1.26 bits per heavy atom. The number of carbonyl (C=O) groups excluding carboxylic acids is 2. The summed E-state index contributed by atoms with van der Waals surface area (Å²) in [5.41, 5.74) is 1.51. The lowest BCUT2D eigenvalue weighted by molar-refractivity contribution is -0.123. The molecule has 0 heterocycles. The van der Waals surface area contributed by atoms with Crippen molar-refractivity contribution < 1.29 is 14.0 Å². The van der Waals surface area contributed by atoms with Crippen molar-refractivity contribution >= 4 is 17.5 Å². The van der Waals surface area contributed by atoms with E-state index in [0.717, 1.165) is 24.2 Å². The van der Waals surface area contributed by atoms with E-state index in [1.54, 1.807) is 12.1 Å². The van der Waals surface area contributed by atoms with Crippen LogP contribution in [0.15, 0.2) is 35.9 Å². The number of hydrogen-bond acceptors (Lipinski definition) is 2. The second-order valence-corrected chi connectivity index (χ2v) is 5.76. The molecular formula is C18H23FN2O2. The summed E-state index contributed by atoms with van der Waals surface area (Å²) in [6.45, 7) is 1.70. The molecule has 124 valence electrons. The lowest BCUT2D eigenvalue weighted by Crippen LogP contribution is -2.40. The molecule has 1 aliphatic carbocycles. The quantitative estimate of drug-likeness (QED) is 0.819. The van der Waals surface area contributed by atoms with Gasteiger partial charge in [-0.05, 0) is 44.2 Å². The van der Waals surface area contributed by atoms with Gasteiger partial charge in [-0.3, -0.25) is 9.59 Å². The number of anilines is 1. The molecule has 0 saturated carbocycles. The maximum absolute atomic E-state index is 13.8. The average molecular weight is 318 g/mol. The fourth-order valence-corrected chi connectivity index (χ4v) is 2.73. The first-order valence-electron chi connectivity index (χ1n) is 8.05. The Hall–Kier alpha value is -2.17. The smallest absolute Gasteiger partial charge is 0.240 e. The fourth-order valence-electron chi connectivity index (χ4n) is 2.73. The summed E-state index contributed by atoms with van der Waals surface area (Å²) in [6, 6.07) is 5.96. The van der Waals surface area contributed by atoms with E-state index in [0.29, 0.717) is 6.54 Å². The minimum absolute atomic E-state index is 0.130. The van der Waals surface area contributed by atoms with Crippen molar-refractivity contribution in [3.63, 3.8) is 0 Å². The van der Waals surface area contributed by atoms with E-state index in [1.165, 1.54) is 37.5 Å². The van der Waals surface area contributed by atoms with Gasteiger partial charge >= 0.3 is 0 Å². The molecule has 0 radical (unpaired) electrons. The molecule has 0 atom stereocenters. The highest BCUT2D eigenvalue weighted by Gasteiger charge is 2.18. The Balaban J connectivity index is 1.87. The van der Waals surface area contributed by atoms with E-state index >= 15 is 0 Å². The van der Waals surface area contributed by atoms with Crippen LogP contribution in [0.5, 0.6) is 0 Å². The monoisotopic (exact) mass is 318 g/mol. The minimum Gasteiger partial charge on any atom is -0.354 e. The van der Waals surface area contributed by atoms with E-state index < -0.39 is 5.82 Å². The molecule has 1 N–H and O–H groups in total. The number of nitrogens with zero attached hydrogens (tertiary/aromatic N) is 1. The zero-order valence-corrected chi connectivity index (χ0v) is 13.5. The largest absolute Gasteiger partial charge is 0.354 e. The summed E-state index contributed by atoms with van der Waals surface area (Å²) in [7, 11) is 0. The van der Waals surface area contributed by atoms with Crippen molar-refractivity contribution in [2.24, 2.45) is 0 Å². The van der Waals surface area contributed by atoms with Gasteiger partial charge in [-0.1, -0.05) is 23.8 Å². The molecular weight excluding hydrogens is 295 g/mol. The highest BCUT2D eigenvalue weighted by Crippen LogP contribution is 2.20. The molecule has 23 heavy (non-hydrogen) atoms. The predicted molar refractivity (Wildman–Crippen MR) is 88.6 cm³/mol. The van der Waals surface area contributed by atoms with Crippen LogP contribution in [-0.4, -0.2) is 24.9 Å². The molecule has 1 aromatic rings. The first-order chi connectivity index (χ1) is 11.1. The number of rotatable bonds is 6. The molecule has 0 bridgehead atoms. The predicted octanol–water partition coefficient (Wildman–Crippen LogP) is 3.19. The Morgan fingerprint density at radius 3 is 2.70 bits per heavy atom. The molecule has 4 nitrogen and oxygen atoms in total. The number of para-hydroxylation sites is 1. The van der Waals surface area contributed by atoms with Crippen molar-refractivity contribution in [1.29, 1.82) is 0 Å². The van der Waals surface area contributed by atoms with Gasteiger partial charge < -0.3 is 10.2 Å². The van der Waals surface area contributed by atoms with Crippen LogP contribution in [-0.2, 0) is 9.59 Å². The maximum Gasteiger partial charge on any atom is 0.240 e. The summed E-state index contributed by atoms with van der Waals surface area (Å²) in [6.07, 6.45) is 7.76. The van der Waals surface area contributed by atoms with Crippen LogP contribution in [0, 0.1) is 5.82 Å². The SMILES string of the molecule is CC(=O)N(CC(=O)NCCC1=CCCCC1)c1ccccc1F. The molecule has 0 saturated heterocycles. The number of amides is 2. The van der Waals surface area contributed by atoms with Crippen LogP contribution in [0.2, 0.25) is 0 Å². The van der Waals surface area contributed by atoms with Gasteiger partial charge in [0.05, 0.1) is 5.69 Å². The van der Waals surface area contributed by atoms with Crippen molar-refractivity contribution in [3.8, 4) is 0 Å². The first-order valence-corrected chi connectivity index (χ1v) is 8.05. The van der Waals surface area contributed by atoms with Crippen LogP contribution >= 0.6 is 0 Å². The summed E-state index contributed by atoms with van der Waals surface area (Å²) < 4.78 is 13.8. The number of benzene rings is 1. The molecule has 1 aliphatic rings. The molecule has 0 aliphatic heterocycles. The lowest BCUT2D eigenvalue weighted by Gasteiger charge is -2.21. The summed E-state index contributed by atoms with van der Waals surface area (Å²) in [4.78, 5) is 24.9. The van der Waals surface area contributed by atoms with Gasteiger partial charge in [0.15, 0.2) is 0 Å². The van der Waals surface area contributed by atoms with Crippen molar-refractivity contribution in [2.45, 2.75) is 39.0 Å². The van der Waals surface area contributed by atoms with Gasteiger partial charge in [0.25, 0.3) is 0 Å². The molecule has 0 unspecified atom stereocenters. The minimum atomic E-state index is -0.511.